The first-order valence-electron chi connectivity index (χ1n) is 10.8. The molecule has 3 aromatic rings. The van der Waals surface area contributed by atoms with Gasteiger partial charge in [-0.05, 0) is 60.2 Å². The molecule has 1 saturated heterocycles. The van der Waals surface area contributed by atoms with E-state index in [1.807, 2.05) is 65.6 Å². The lowest BCUT2D eigenvalue weighted by Gasteiger charge is -2.36. The van der Waals surface area contributed by atoms with Gasteiger partial charge in [-0.3, -0.25) is 9.59 Å². The number of carbonyl (C=O) groups excluding carboxylic acids is 2. The molecule has 0 spiro atoms. The van der Waals surface area contributed by atoms with Crippen LogP contribution in [-0.2, 0) is 11.2 Å². The molecule has 0 unspecified atom stereocenters. The minimum Gasteiger partial charge on any atom is -0.497 e. The Bertz CT molecular complexity index is 1110. The fraction of sp³-hybridized carbons (Fsp3) is 0.231. The summed E-state index contributed by atoms with van der Waals surface area (Å²) in [6, 6.07) is 22.8. The highest BCUT2D eigenvalue weighted by atomic mass is 79.9. The first-order chi connectivity index (χ1) is 16.0. The summed E-state index contributed by atoms with van der Waals surface area (Å²) in [5.41, 5.74) is 3.42. The van der Waals surface area contributed by atoms with Gasteiger partial charge in [0.25, 0.3) is 5.91 Å². The van der Waals surface area contributed by atoms with Gasteiger partial charge in [0.1, 0.15) is 5.75 Å². The van der Waals surface area contributed by atoms with Crippen molar-refractivity contribution in [3.63, 3.8) is 0 Å². The van der Waals surface area contributed by atoms with Gasteiger partial charge >= 0.3 is 0 Å². The van der Waals surface area contributed by atoms with E-state index in [1.165, 1.54) is 0 Å². The first kappa shape index (κ1) is 22.9. The van der Waals surface area contributed by atoms with Gasteiger partial charge in [0.15, 0.2) is 0 Å². The molecule has 0 saturated carbocycles. The molecule has 2 amide bonds. The molecule has 33 heavy (non-hydrogen) atoms. The standard InChI is InChI=1S/C26H26BrN3O3/c1-33-24-11-5-19(6-12-24)17-25(31)30-15-13-29(14-16-30)23-9-7-22(8-10-23)28-26(32)20-3-2-4-21(27)18-20/h2-12,18H,13-17H2,1H3,(H,28,32). The number of nitrogens with one attached hydrogen (secondary N) is 1. The average molecular weight is 508 g/mol. The van der Waals surface area contributed by atoms with Crippen LogP contribution >= 0.6 is 15.9 Å². The van der Waals surface area contributed by atoms with Crippen molar-refractivity contribution in [2.45, 2.75) is 6.42 Å². The maximum Gasteiger partial charge on any atom is 0.255 e. The van der Waals surface area contributed by atoms with Gasteiger partial charge in [0, 0.05) is 47.6 Å². The topological polar surface area (TPSA) is 61.9 Å². The van der Waals surface area contributed by atoms with Crippen molar-refractivity contribution in [2.75, 3.05) is 43.5 Å². The van der Waals surface area contributed by atoms with Gasteiger partial charge in [-0.25, -0.2) is 0 Å². The molecule has 1 aliphatic heterocycles. The van der Waals surface area contributed by atoms with Crippen molar-refractivity contribution in [1.82, 2.24) is 4.90 Å². The summed E-state index contributed by atoms with van der Waals surface area (Å²) in [5, 5.41) is 2.93. The number of rotatable bonds is 6. The molecule has 1 aliphatic rings. The van der Waals surface area contributed by atoms with Gasteiger partial charge in [-0.15, -0.1) is 0 Å². The number of anilines is 2. The number of piperazine rings is 1. The zero-order valence-corrected chi connectivity index (χ0v) is 20.0. The lowest BCUT2D eigenvalue weighted by Crippen LogP contribution is -2.49. The maximum absolute atomic E-state index is 12.7. The van der Waals surface area contributed by atoms with Gasteiger partial charge < -0.3 is 19.9 Å². The van der Waals surface area contributed by atoms with E-state index in [-0.39, 0.29) is 11.8 Å². The molecule has 4 rings (SSSR count). The Kier molecular flexibility index (Phi) is 7.29. The minimum atomic E-state index is -0.145. The third kappa shape index (κ3) is 5.93. The van der Waals surface area contributed by atoms with E-state index in [0.717, 1.165) is 40.2 Å². The van der Waals surface area contributed by atoms with E-state index in [0.29, 0.717) is 25.1 Å². The van der Waals surface area contributed by atoms with Crippen molar-refractivity contribution < 1.29 is 14.3 Å². The van der Waals surface area contributed by atoms with E-state index >= 15 is 0 Å². The van der Waals surface area contributed by atoms with E-state index in [4.69, 9.17) is 4.74 Å². The van der Waals surface area contributed by atoms with Crippen molar-refractivity contribution in [3.05, 3.63) is 88.4 Å². The number of hydrogen-bond donors (Lipinski definition) is 1. The summed E-state index contributed by atoms with van der Waals surface area (Å²) in [7, 11) is 1.63. The molecule has 6 nitrogen and oxygen atoms in total. The Labute approximate surface area is 202 Å². The molecule has 0 bridgehead atoms. The number of hydrogen-bond acceptors (Lipinski definition) is 4. The number of carbonyl (C=O) groups is 2. The van der Waals surface area contributed by atoms with Crippen LogP contribution in [0.4, 0.5) is 11.4 Å². The number of benzene rings is 3. The molecule has 7 heteroatoms. The monoisotopic (exact) mass is 507 g/mol. The second kappa shape index (κ2) is 10.5. The van der Waals surface area contributed by atoms with E-state index in [1.54, 1.807) is 19.2 Å². The van der Waals surface area contributed by atoms with Crippen LogP contribution in [0.1, 0.15) is 15.9 Å². The fourth-order valence-corrected chi connectivity index (χ4v) is 4.23. The molecule has 1 N–H and O–H groups in total. The third-order valence-corrected chi connectivity index (χ3v) is 6.22. The molecular formula is C26H26BrN3O3. The second-order valence-corrected chi connectivity index (χ2v) is 8.82. The van der Waals surface area contributed by atoms with Crippen LogP contribution in [0.2, 0.25) is 0 Å². The molecule has 0 atom stereocenters. The normalized spacial score (nSPS) is 13.5. The molecule has 0 radical (unpaired) electrons. The Morgan fingerprint density at radius 2 is 1.64 bits per heavy atom. The lowest BCUT2D eigenvalue weighted by atomic mass is 10.1. The molecule has 170 valence electrons. The van der Waals surface area contributed by atoms with Crippen LogP contribution in [-0.4, -0.2) is 50.0 Å². The van der Waals surface area contributed by atoms with Crippen LogP contribution in [0.25, 0.3) is 0 Å². The third-order valence-electron chi connectivity index (χ3n) is 5.72. The first-order valence-corrected chi connectivity index (χ1v) is 11.6. The number of nitrogens with zero attached hydrogens (tertiary/aromatic N) is 2. The second-order valence-electron chi connectivity index (χ2n) is 7.90. The van der Waals surface area contributed by atoms with E-state index in [2.05, 4.69) is 26.1 Å². The summed E-state index contributed by atoms with van der Waals surface area (Å²) in [5.74, 6) is 0.789. The smallest absolute Gasteiger partial charge is 0.255 e. The number of halogens is 1. The molecule has 1 fully saturated rings. The molecule has 1 heterocycles. The highest BCUT2D eigenvalue weighted by Gasteiger charge is 2.21. The quantitative estimate of drug-likeness (QED) is 0.529. The van der Waals surface area contributed by atoms with Crippen molar-refractivity contribution >= 4 is 39.1 Å². The number of amides is 2. The predicted molar refractivity (Wildman–Crippen MR) is 134 cm³/mol. The van der Waals surface area contributed by atoms with Crippen molar-refractivity contribution in [1.29, 1.82) is 0 Å². The van der Waals surface area contributed by atoms with Gasteiger partial charge in [-0.1, -0.05) is 34.1 Å². The Morgan fingerprint density at radius 1 is 0.939 bits per heavy atom. The van der Waals surface area contributed by atoms with Crippen LogP contribution < -0.4 is 15.0 Å². The van der Waals surface area contributed by atoms with Gasteiger partial charge in [0.2, 0.25) is 5.91 Å². The highest BCUT2D eigenvalue weighted by molar-refractivity contribution is 9.10. The zero-order valence-electron chi connectivity index (χ0n) is 18.5. The van der Waals surface area contributed by atoms with Gasteiger partial charge in [-0.2, -0.15) is 0 Å². The molecule has 0 aromatic heterocycles. The highest BCUT2D eigenvalue weighted by Crippen LogP contribution is 2.21. The summed E-state index contributed by atoms with van der Waals surface area (Å²) < 4.78 is 6.04. The minimum absolute atomic E-state index is 0.144. The Morgan fingerprint density at radius 3 is 2.27 bits per heavy atom. The number of ether oxygens (including phenoxy) is 1. The summed E-state index contributed by atoms with van der Waals surface area (Å²) >= 11 is 3.39. The van der Waals surface area contributed by atoms with Crippen molar-refractivity contribution in [2.24, 2.45) is 0 Å². The average Bonchev–Trinajstić information content (AvgIpc) is 2.85. The van der Waals surface area contributed by atoms with Crippen LogP contribution in [0.15, 0.2) is 77.3 Å². The molecule has 0 aliphatic carbocycles. The molecular weight excluding hydrogens is 482 g/mol. The van der Waals surface area contributed by atoms with Crippen LogP contribution in [0, 0.1) is 0 Å². The van der Waals surface area contributed by atoms with E-state index in [9.17, 15) is 9.59 Å². The summed E-state index contributed by atoms with van der Waals surface area (Å²) in [4.78, 5) is 29.3. The predicted octanol–water partition coefficient (Wildman–Crippen LogP) is 4.60. The maximum atomic E-state index is 12.7. The number of methoxy groups -OCH3 is 1. The Balaban J connectivity index is 1.28. The SMILES string of the molecule is COc1ccc(CC(=O)N2CCN(c3ccc(NC(=O)c4cccc(Br)c4)cc3)CC2)cc1. The van der Waals surface area contributed by atoms with E-state index < -0.39 is 0 Å². The Hall–Kier alpha value is -3.32. The summed E-state index contributed by atoms with van der Waals surface area (Å²) in [6.07, 6.45) is 0.399. The van der Waals surface area contributed by atoms with Crippen molar-refractivity contribution in [3.8, 4) is 5.75 Å². The fourth-order valence-electron chi connectivity index (χ4n) is 3.83. The molecule has 3 aromatic carbocycles. The largest absolute Gasteiger partial charge is 0.497 e. The van der Waals surface area contributed by atoms with Gasteiger partial charge in [0.05, 0.1) is 13.5 Å². The lowest BCUT2D eigenvalue weighted by molar-refractivity contribution is -0.130. The zero-order chi connectivity index (χ0) is 23.2. The summed E-state index contributed by atoms with van der Waals surface area (Å²) in [6.45, 7) is 2.93. The van der Waals surface area contributed by atoms with Crippen LogP contribution in [0.5, 0.6) is 5.75 Å². The van der Waals surface area contributed by atoms with Crippen LogP contribution in [0.3, 0.4) is 0 Å².